The van der Waals surface area contributed by atoms with Gasteiger partial charge in [-0.3, -0.25) is 0 Å². The third-order valence-corrected chi connectivity index (χ3v) is 3.75. The van der Waals surface area contributed by atoms with Crippen molar-refractivity contribution in [2.45, 2.75) is 6.54 Å². The molecule has 0 saturated carbocycles. The van der Waals surface area contributed by atoms with Gasteiger partial charge in [0.2, 0.25) is 0 Å². The van der Waals surface area contributed by atoms with E-state index in [4.69, 9.17) is 10.00 Å². The number of benzene rings is 1. The molecule has 1 aliphatic rings. The Morgan fingerprint density at radius 1 is 1.30 bits per heavy atom. The minimum Gasteiger partial charge on any atom is -0.380 e. The number of pyridine rings is 1. The van der Waals surface area contributed by atoms with Gasteiger partial charge in [0.25, 0.3) is 0 Å². The first-order valence-corrected chi connectivity index (χ1v) is 7.48. The standard InChI is InChI=1S/C17H17FN4O/c18-15-2-1-3-16(14(15)11-19)21-12-13-4-5-20-17(10-13)22-6-8-23-9-7-22/h1-5,10,21H,6-9,12H2. The summed E-state index contributed by atoms with van der Waals surface area (Å²) in [6, 6.07) is 10.4. The van der Waals surface area contributed by atoms with Gasteiger partial charge in [0.1, 0.15) is 23.3 Å². The number of anilines is 2. The highest BCUT2D eigenvalue weighted by Gasteiger charge is 2.13. The lowest BCUT2D eigenvalue weighted by atomic mass is 10.1. The summed E-state index contributed by atoms with van der Waals surface area (Å²) in [6.45, 7) is 3.56. The first-order chi connectivity index (χ1) is 11.3. The van der Waals surface area contributed by atoms with Crippen molar-refractivity contribution >= 4 is 11.5 Å². The van der Waals surface area contributed by atoms with Gasteiger partial charge in [0.05, 0.1) is 18.9 Å². The van der Waals surface area contributed by atoms with E-state index in [-0.39, 0.29) is 5.56 Å². The van der Waals surface area contributed by atoms with Crippen molar-refractivity contribution in [3.8, 4) is 6.07 Å². The van der Waals surface area contributed by atoms with Crippen LogP contribution in [0, 0.1) is 17.1 Å². The minimum absolute atomic E-state index is 0.0370. The molecule has 5 nitrogen and oxygen atoms in total. The van der Waals surface area contributed by atoms with E-state index < -0.39 is 5.82 Å². The van der Waals surface area contributed by atoms with Crippen LogP contribution in [0.3, 0.4) is 0 Å². The number of aromatic nitrogens is 1. The molecule has 1 saturated heterocycles. The first-order valence-electron chi connectivity index (χ1n) is 7.48. The van der Waals surface area contributed by atoms with Crippen molar-refractivity contribution in [1.82, 2.24) is 4.98 Å². The molecule has 1 N–H and O–H groups in total. The van der Waals surface area contributed by atoms with Crippen LogP contribution in [0.2, 0.25) is 0 Å². The Hall–Kier alpha value is -2.65. The van der Waals surface area contributed by atoms with E-state index in [1.165, 1.54) is 6.07 Å². The Kier molecular flexibility index (Phi) is 4.69. The van der Waals surface area contributed by atoms with Crippen LogP contribution < -0.4 is 10.2 Å². The number of nitrogens with zero attached hydrogens (tertiary/aromatic N) is 3. The molecule has 23 heavy (non-hydrogen) atoms. The van der Waals surface area contributed by atoms with Crippen molar-refractivity contribution < 1.29 is 9.13 Å². The van der Waals surface area contributed by atoms with Crippen LogP contribution in [0.5, 0.6) is 0 Å². The molecule has 1 fully saturated rings. The third kappa shape index (κ3) is 3.58. The molecule has 1 aromatic heterocycles. The second-order valence-electron chi connectivity index (χ2n) is 5.25. The highest BCUT2D eigenvalue weighted by molar-refractivity contribution is 5.58. The Morgan fingerprint density at radius 2 is 2.13 bits per heavy atom. The second-order valence-corrected chi connectivity index (χ2v) is 5.25. The second kappa shape index (κ2) is 7.07. The van der Waals surface area contributed by atoms with Gasteiger partial charge < -0.3 is 15.0 Å². The molecule has 1 aliphatic heterocycles. The smallest absolute Gasteiger partial charge is 0.143 e. The van der Waals surface area contributed by atoms with E-state index in [1.807, 2.05) is 18.2 Å². The van der Waals surface area contributed by atoms with Crippen LogP contribution in [-0.2, 0) is 11.3 Å². The molecule has 2 heterocycles. The summed E-state index contributed by atoms with van der Waals surface area (Å²) >= 11 is 0. The van der Waals surface area contributed by atoms with Crippen molar-refractivity contribution in [3.05, 3.63) is 53.5 Å². The van der Waals surface area contributed by atoms with E-state index in [1.54, 1.807) is 18.3 Å². The summed E-state index contributed by atoms with van der Waals surface area (Å²) in [5, 5.41) is 12.2. The lowest BCUT2D eigenvalue weighted by Crippen LogP contribution is -2.36. The van der Waals surface area contributed by atoms with Crippen LogP contribution >= 0.6 is 0 Å². The zero-order valence-corrected chi connectivity index (χ0v) is 12.6. The number of nitriles is 1. The Labute approximate surface area is 134 Å². The highest BCUT2D eigenvalue weighted by atomic mass is 19.1. The summed E-state index contributed by atoms with van der Waals surface area (Å²) in [5.41, 5.74) is 1.56. The molecular formula is C17H17FN4O. The average Bonchev–Trinajstić information content (AvgIpc) is 2.61. The number of morpholine rings is 1. The molecule has 0 radical (unpaired) electrons. The van der Waals surface area contributed by atoms with E-state index >= 15 is 0 Å². The fourth-order valence-electron chi connectivity index (χ4n) is 2.52. The fourth-order valence-corrected chi connectivity index (χ4v) is 2.52. The quantitative estimate of drug-likeness (QED) is 0.940. The van der Waals surface area contributed by atoms with Crippen molar-refractivity contribution in [3.63, 3.8) is 0 Å². The van der Waals surface area contributed by atoms with Crippen LogP contribution in [0.1, 0.15) is 11.1 Å². The van der Waals surface area contributed by atoms with Gasteiger partial charge in [-0.15, -0.1) is 0 Å². The molecule has 1 aromatic carbocycles. The molecule has 0 bridgehead atoms. The number of halogens is 1. The van der Waals surface area contributed by atoms with E-state index in [2.05, 4.69) is 15.2 Å². The molecular weight excluding hydrogens is 295 g/mol. The van der Waals surface area contributed by atoms with Crippen molar-refractivity contribution in [1.29, 1.82) is 5.26 Å². The van der Waals surface area contributed by atoms with E-state index in [0.717, 1.165) is 24.5 Å². The Balaban J connectivity index is 1.72. The molecule has 3 rings (SSSR count). The summed E-state index contributed by atoms with van der Waals surface area (Å²) in [7, 11) is 0. The maximum absolute atomic E-state index is 13.6. The Morgan fingerprint density at radius 3 is 2.91 bits per heavy atom. The number of hydrogen-bond acceptors (Lipinski definition) is 5. The van der Waals surface area contributed by atoms with Crippen LogP contribution in [-0.4, -0.2) is 31.3 Å². The van der Waals surface area contributed by atoms with Gasteiger partial charge in [-0.2, -0.15) is 5.26 Å². The zero-order valence-electron chi connectivity index (χ0n) is 12.6. The monoisotopic (exact) mass is 312 g/mol. The number of nitrogens with one attached hydrogen (secondary N) is 1. The highest BCUT2D eigenvalue weighted by Crippen LogP contribution is 2.20. The lowest BCUT2D eigenvalue weighted by Gasteiger charge is -2.28. The lowest BCUT2D eigenvalue weighted by molar-refractivity contribution is 0.122. The van der Waals surface area contributed by atoms with Gasteiger partial charge >= 0.3 is 0 Å². The predicted octanol–water partition coefficient (Wildman–Crippen LogP) is 2.54. The summed E-state index contributed by atoms with van der Waals surface area (Å²) in [4.78, 5) is 6.57. The Bertz CT molecular complexity index is 723. The predicted molar refractivity (Wildman–Crippen MR) is 85.7 cm³/mol. The summed E-state index contributed by atoms with van der Waals surface area (Å²) < 4.78 is 18.9. The number of hydrogen-bond donors (Lipinski definition) is 1. The summed E-state index contributed by atoms with van der Waals surface area (Å²) in [5.74, 6) is 0.397. The first kappa shape index (κ1) is 15.3. The van der Waals surface area contributed by atoms with Crippen LogP contribution in [0.4, 0.5) is 15.9 Å². The van der Waals surface area contributed by atoms with Gasteiger partial charge in [-0.25, -0.2) is 9.37 Å². The molecule has 0 aliphatic carbocycles. The molecule has 0 spiro atoms. The SMILES string of the molecule is N#Cc1c(F)cccc1NCc1ccnc(N2CCOCC2)c1. The molecule has 0 amide bonds. The maximum Gasteiger partial charge on any atom is 0.143 e. The van der Waals surface area contributed by atoms with Gasteiger partial charge in [0, 0.05) is 25.8 Å². The van der Waals surface area contributed by atoms with Gasteiger partial charge in [0.15, 0.2) is 0 Å². The molecule has 6 heteroatoms. The largest absolute Gasteiger partial charge is 0.380 e. The minimum atomic E-state index is -0.513. The van der Waals surface area contributed by atoms with Crippen molar-refractivity contribution in [2.24, 2.45) is 0 Å². The zero-order chi connectivity index (χ0) is 16.1. The maximum atomic E-state index is 13.6. The number of rotatable bonds is 4. The average molecular weight is 312 g/mol. The molecule has 0 unspecified atom stereocenters. The summed E-state index contributed by atoms with van der Waals surface area (Å²) in [6.07, 6.45) is 1.76. The third-order valence-electron chi connectivity index (χ3n) is 3.75. The topological polar surface area (TPSA) is 61.2 Å². The van der Waals surface area contributed by atoms with E-state index in [0.29, 0.717) is 25.4 Å². The van der Waals surface area contributed by atoms with Crippen LogP contribution in [0.15, 0.2) is 36.5 Å². The van der Waals surface area contributed by atoms with Gasteiger partial charge in [-0.1, -0.05) is 6.07 Å². The molecule has 118 valence electrons. The number of ether oxygens (including phenoxy) is 1. The van der Waals surface area contributed by atoms with Gasteiger partial charge in [-0.05, 0) is 29.8 Å². The normalized spacial score (nSPS) is 14.3. The van der Waals surface area contributed by atoms with Crippen molar-refractivity contribution in [2.75, 3.05) is 36.5 Å². The van der Waals surface area contributed by atoms with Crippen LogP contribution in [0.25, 0.3) is 0 Å². The fraction of sp³-hybridized carbons (Fsp3) is 0.294. The molecule has 2 aromatic rings. The molecule has 0 atom stereocenters. The van der Waals surface area contributed by atoms with E-state index in [9.17, 15) is 4.39 Å².